The van der Waals surface area contributed by atoms with Gasteiger partial charge in [-0.3, -0.25) is 9.59 Å². The van der Waals surface area contributed by atoms with Crippen molar-refractivity contribution in [1.82, 2.24) is 0 Å². The van der Waals surface area contributed by atoms with Crippen LogP contribution in [0, 0.1) is 11.3 Å². The highest BCUT2D eigenvalue weighted by Gasteiger charge is 2.54. The van der Waals surface area contributed by atoms with Gasteiger partial charge in [-0.05, 0) is 49.2 Å². The molecule has 1 fully saturated rings. The van der Waals surface area contributed by atoms with Crippen molar-refractivity contribution in [2.75, 3.05) is 0 Å². The van der Waals surface area contributed by atoms with E-state index in [0.29, 0.717) is 17.9 Å². The highest BCUT2D eigenvalue weighted by Crippen LogP contribution is 2.54. The Hall–Kier alpha value is -1.38. The van der Waals surface area contributed by atoms with Crippen LogP contribution < -0.4 is 0 Å². The minimum absolute atomic E-state index is 0.0828. The molecule has 3 nitrogen and oxygen atoms in total. The van der Waals surface area contributed by atoms with Gasteiger partial charge in [0.1, 0.15) is 0 Å². The van der Waals surface area contributed by atoms with E-state index in [2.05, 4.69) is 20.4 Å². The maximum atomic E-state index is 12.6. The summed E-state index contributed by atoms with van der Waals surface area (Å²) in [5.74, 6) is -0.0723. The molecule has 0 aromatic carbocycles. The van der Waals surface area contributed by atoms with Crippen LogP contribution in [-0.4, -0.2) is 17.4 Å². The second-order valence-corrected chi connectivity index (χ2v) is 6.62. The van der Waals surface area contributed by atoms with Gasteiger partial charge in [-0.25, -0.2) is 0 Å². The summed E-state index contributed by atoms with van der Waals surface area (Å²) in [6, 6.07) is 0. The Labute approximate surface area is 121 Å². The van der Waals surface area contributed by atoms with Crippen molar-refractivity contribution in [1.29, 1.82) is 0 Å². The summed E-state index contributed by atoms with van der Waals surface area (Å²) in [6.07, 6.45) is 5.49. The van der Waals surface area contributed by atoms with Crippen molar-refractivity contribution in [2.45, 2.75) is 59.0 Å². The summed E-state index contributed by atoms with van der Waals surface area (Å²) < 4.78 is 5.48. The number of rotatable bonds is 2. The fourth-order valence-corrected chi connectivity index (χ4v) is 3.70. The number of allylic oxidation sites excluding steroid dienone is 1. The topological polar surface area (TPSA) is 43.4 Å². The third kappa shape index (κ3) is 2.13. The predicted octanol–water partition coefficient (Wildman–Crippen LogP) is 3.59. The molecule has 0 saturated heterocycles. The van der Waals surface area contributed by atoms with E-state index in [9.17, 15) is 9.59 Å². The van der Waals surface area contributed by atoms with Crippen molar-refractivity contribution in [3.8, 4) is 0 Å². The van der Waals surface area contributed by atoms with Gasteiger partial charge in [0.15, 0.2) is 5.60 Å². The van der Waals surface area contributed by atoms with Gasteiger partial charge in [0, 0.05) is 13.3 Å². The lowest BCUT2D eigenvalue weighted by atomic mass is 9.56. The molecule has 0 bridgehead atoms. The number of fused-ring (bicyclic) bond motifs is 1. The molecular weight excluding hydrogens is 252 g/mol. The number of carbonyl (C=O) groups excluding carboxylic acids is 2. The van der Waals surface area contributed by atoms with Gasteiger partial charge >= 0.3 is 5.97 Å². The fraction of sp³-hybridized carbons (Fsp3) is 0.647. The van der Waals surface area contributed by atoms with E-state index >= 15 is 0 Å². The van der Waals surface area contributed by atoms with Crippen LogP contribution in [0.1, 0.15) is 53.4 Å². The van der Waals surface area contributed by atoms with E-state index in [1.165, 1.54) is 12.5 Å². The molecule has 0 heterocycles. The molecular formula is C17H24O3. The molecule has 2 aliphatic rings. The molecule has 0 aliphatic heterocycles. The van der Waals surface area contributed by atoms with Crippen LogP contribution in [0.25, 0.3) is 0 Å². The monoisotopic (exact) mass is 276 g/mol. The van der Waals surface area contributed by atoms with Crippen molar-refractivity contribution < 1.29 is 14.3 Å². The van der Waals surface area contributed by atoms with Crippen LogP contribution in [0.15, 0.2) is 23.8 Å². The molecule has 0 spiro atoms. The van der Waals surface area contributed by atoms with Crippen LogP contribution in [0.5, 0.6) is 0 Å². The van der Waals surface area contributed by atoms with E-state index < -0.39 is 11.6 Å². The normalized spacial score (nSPS) is 36.9. The Morgan fingerprint density at radius 3 is 2.65 bits per heavy atom. The van der Waals surface area contributed by atoms with Gasteiger partial charge in [0.05, 0.1) is 0 Å². The zero-order valence-electron chi connectivity index (χ0n) is 12.9. The van der Waals surface area contributed by atoms with E-state index in [1.807, 2.05) is 0 Å². The number of esters is 1. The zero-order valence-corrected chi connectivity index (χ0v) is 12.9. The molecule has 0 amide bonds. The average Bonchev–Trinajstić information content (AvgIpc) is 2.32. The first kappa shape index (κ1) is 15.0. The van der Waals surface area contributed by atoms with Gasteiger partial charge in [0.2, 0.25) is 5.78 Å². The van der Waals surface area contributed by atoms with Crippen molar-refractivity contribution in [3.05, 3.63) is 23.8 Å². The third-order valence-electron chi connectivity index (χ3n) is 5.23. The number of carbonyl (C=O) groups is 2. The number of hydrogen-bond donors (Lipinski definition) is 0. The first-order chi connectivity index (χ1) is 9.22. The highest BCUT2D eigenvalue weighted by molar-refractivity contribution is 6.02. The summed E-state index contributed by atoms with van der Waals surface area (Å²) in [5.41, 5.74) is 0.577. The van der Waals surface area contributed by atoms with Crippen molar-refractivity contribution >= 4 is 11.8 Å². The average molecular weight is 276 g/mol. The zero-order chi connectivity index (χ0) is 15.1. The quantitative estimate of drug-likeness (QED) is 0.572. The minimum Gasteiger partial charge on any atom is -0.446 e. The van der Waals surface area contributed by atoms with E-state index in [0.717, 1.165) is 19.3 Å². The molecule has 0 aromatic heterocycles. The van der Waals surface area contributed by atoms with Crippen LogP contribution in [0.4, 0.5) is 0 Å². The van der Waals surface area contributed by atoms with E-state index in [-0.39, 0.29) is 11.2 Å². The molecule has 0 aromatic rings. The minimum atomic E-state index is -1.17. The number of hydrogen-bond acceptors (Lipinski definition) is 3. The molecule has 0 radical (unpaired) electrons. The molecule has 2 rings (SSSR count). The van der Waals surface area contributed by atoms with Gasteiger partial charge < -0.3 is 4.74 Å². The summed E-state index contributed by atoms with van der Waals surface area (Å²) in [4.78, 5) is 24.1. The van der Waals surface area contributed by atoms with Gasteiger partial charge in [-0.2, -0.15) is 0 Å². The molecule has 0 N–H and O–H groups in total. The summed E-state index contributed by atoms with van der Waals surface area (Å²) >= 11 is 0. The maximum Gasteiger partial charge on any atom is 0.303 e. The Morgan fingerprint density at radius 1 is 1.45 bits per heavy atom. The number of ether oxygens (including phenoxy) is 1. The van der Waals surface area contributed by atoms with Gasteiger partial charge in [-0.15, -0.1) is 0 Å². The lowest BCUT2D eigenvalue weighted by Crippen LogP contribution is -2.52. The standard InChI is InChI=1S/C17H24O3/c1-11(2)17(20-13(4)18)10-16(5)12(3)7-6-8-14(16)9-15(17)19/h9,12H,1,6-8,10H2,2-5H3/t12-,16+,17-/m0/s1. The second kappa shape index (κ2) is 4.87. The van der Waals surface area contributed by atoms with Crippen molar-refractivity contribution in [2.24, 2.45) is 11.3 Å². The molecule has 3 atom stereocenters. The molecule has 1 saturated carbocycles. The van der Waals surface area contributed by atoms with Crippen LogP contribution in [-0.2, 0) is 14.3 Å². The Balaban J connectivity index is 2.52. The predicted molar refractivity (Wildman–Crippen MR) is 78.1 cm³/mol. The third-order valence-corrected chi connectivity index (χ3v) is 5.23. The smallest absolute Gasteiger partial charge is 0.303 e. The second-order valence-electron chi connectivity index (χ2n) is 6.62. The number of ketones is 1. The van der Waals surface area contributed by atoms with Gasteiger partial charge in [0.25, 0.3) is 0 Å². The summed E-state index contributed by atoms with van der Waals surface area (Å²) in [6.45, 7) is 11.5. The lowest BCUT2D eigenvalue weighted by Gasteiger charge is -2.50. The fourth-order valence-electron chi connectivity index (χ4n) is 3.70. The first-order valence-corrected chi connectivity index (χ1v) is 7.33. The molecule has 110 valence electrons. The maximum absolute atomic E-state index is 12.6. The highest BCUT2D eigenvalue weighted by atomic mass is 16.6. The Morgan fingerprint density at radius 2 is 2.10 bits per heavy atom. The first-order valence-electron chi connectivity index (χ1n) is 7.33. The van der Waals surface area contributed by atoms with E-state index in [4.69, 9.17) is 4.74 Å². The summed E-state index contributed by atoms with van der Waals surface area (Å²) in [5, 5.41) is 0. The van der Waals surface area contributed by atoms with Crippen LogP contribution in [0.2, 0.25) is 0 Å². The Kier molecular flexibility index (Phi) is 3.66. The molecule has 3 heteroatoms. The molecule has 2 aliphatic carbocycles. The van der Waals surface area contributed by atoms with Crippen molar-refractivity contribution in [3.63, 3.8) is 0 Å². The molecule has 0 unspecified atom stereocenters. The SMILES string of the molecule is C=C(C)[C@@]1(OC(C)=O)C[C@@]2(C)C(=CC1=O)CCC[C@@H]2C. The lowest BCUT2D eigenvalue weighted by molar-refractivity contribution is -0.164. The van der Waals surface area contributed by atoms with Crippen LogP contribution >= 0.6 is 0 Å². The Bertz CT molecular complexity index is 502. The summed E-state index contributed by atoms with van der Waals surface area (Å²) in [7, 11) is 0. The largest absolute Gasteiger partial charge is 0.446 e. The van der Waals surface area contributed by atoms with Crippen LogP contribution in [0.3, 0.4) is 0 Å². The van der Waals surface area contributed by atoms with E-state index in [1.54, 1.807) is 13.0 Å². The van der Waals surface area contributed by atoms with Gasteiger partial charge in [-0.1, -0.05) is 26.0 Å². The molecule has 20 heavy (non-hydrogen) atoms.